The molecule has 0 bridgehead atoms. The lowest BCUT2D eigenvalue weighted by Gasteiger charge is -2.48. The number of benzene rings is 2. The first-order valence-electron chi connectivity index (χ1n) is 13.5. The number of methoxy groups -OCH3 is 2. The number of fused-ring (bicyclic) bond motifs is 1. The number of aryl methyl sites for hydroxylation is 1. The Kier molecular flexibility index (Phi) is 6.96. The van der Waals surface area contributed by atoms with Crippen LogP contribution >= 0.6 is 0 Å². The fourth-order valence-corrected chi connectivity index (χ4v) is 7.02. The van der Waals surface area contributed by atoms with Crippen LogP contribution in [0.5, 0.6) is 11.5 Å². The molecule has 3 aromatic rings. The molecule has 1 aromatic heterocycles. The van der Waals surface area contributed by atoms with Gasteiger partial charge in [-0.25, -0.2) is 4.98 Å². The molecule has 2 aromatic carbocycles. The Morgan fingerprint density at radius 2 is 1.56 bits per heavy atom. The van der Waals surface area contributed by atoms with Crippen molar-refractivity contribution in [3.05, 3.63) is 42.0 Å². The average Bonchev–Trinajstić information content (AvgIpc) is 3.28. The molecule has 0 saturated heterocycles. The summed E-state index contributed by atoms with van der Waals surface area (Å²) in [5, 5.41) is 0. The monoisotopic (exact) mass is 489 g/mol. The second-order valence-electron chi connectivity index (χ2n) is 10.7. The quantitative estimate of drug-likeness (QED) is 0.418. The largest absolute Gasteiger partial charge is 0.497 e. The van der Waals surface area contributed by atoms with E-state index in [4.69, 9.17) is 20.2 Å². The third-order valence-corrected chi connectivity index (χ3v) is 8.68. The Morgan fingerprint density at radius 1 is 0.917 bits per heavy atom. The lowest BCUT2D eigenvalue weighted by atomic mass is 9.63. The molecule has 2 fully saturated rings. The molecule has 6 nitrogen and oxygen atoms in total. The van der Waals surface area contributed by atoms with Crippen molar-refractivity contribution in [1.82, 2.24) is 9.55 Å². The number of ether oxygens (including phenoxy) is 2. The van der Waals surface area contributed by atoms with Gasteiger partial charge in [0.1, 0.15) is 22.9 Å². The van der Waals surface area contributed by atoms with E-state index in [9.17, 15) is 4.79 Å². The SMILES string of the molecule is COc1ccc(-c2nc3ccc(C)cc3n2C(C(N)=O)(C2CCCCC2)C2CCCCC2)c(OC)c1. The molecular formula is C30H39N3O3. The molecule has 0 unspecified atom stereocenters. The molecule has 0 radical (unpaired) electrons. The summed E-state index contributed by atoms with van der Waals surface area (Å²) in [7, 11) is 3.32. The summed E-state index contributed by atoms with van der Waals surface area (Å²) < 4.78 is 13.6. The predicted octanol–water partition coefficient (Wildman–Crippen LogP) is 6.37. The van der Waals surface area contributed by atoms with Crippen LogP contribution in [0.1, 0.15) is 69.8 Å². The summed E-state index contributed by atoms with van der Waals surface area (Å²) in [6.45, 7) is 2.09. The first-order valence-corrected chi connectivity index (χ1v) is 13.5. The predicted molar refractivity (Wildman–Crippen MR) is 143 cm³/mol. The summed E-state index contributed by atoms with van der Waals surface area (Å²) in [6, 6.07) is 12.1. The van der Waals surface area contributed by atoms with Gasteiger partial charge in [0.25, 0.3) is 0 Å². The van der Waals surface area contributed by atoms with Crippen molar-refractivity contribution in [2.24, 2.45) is 17.6 Å². The van der Waals surface area contributed by atoms with Gasteiger partial charge in [0, 0.05) is 6.07 Å². The number of hydrogen-bond donors (Lipinski definition) is 1. The molecule has 0 atom stereocenters. The highest BCUT2D eigenvalue weighted by atomic mass is 16.5. The number of nitrogens with two attached hydrogens (primary N) is 1. The number of rotatable bonds is 7. The highest BCUT2D eigenvalue weighted by molar-refractivity contribution is 5.90. The molecule has 1 amide bonds. The van der Waals surface area contributed by atoms with Gasteiger partial charge in [0.05, 0.1) is 30.8 Å². The highest BCUT2D eigenvalue weighted by Gasteiger charge is 2.53. The molecule has 2 aliphatic carbocycles. The minimum absolute atomic E-state index is 0.188. The van der Waals surface area contributed by atoms with E-state index >= 15 is 0 Å². The van der Waals surface area contributed by atoms with Crippen molar-refractivity contribution in [2.75, 3.05) is 14.2 Å². The van der Waals surface area contributed by atoms with Gasteiger partial charge in [-0.1, -0.05) is 44.6 Å². The zero-order valence-electron chi connectivity index (χ0n) is 21.9. The summed E-state index contributed by atoms with van der Waals surface area (Å²) in [5.74, 6) is 2.31. The molecule has 2 N–H and O–H groups in total. The third-order valence-electron chi connectivity index (χ3n) is 8.68. The van der Waals surface area contributed by atoms with Crippen LogP contribution in [0.15, 0.2) is 36.4 Å². The van der Waals surface area contributed by atoms with E-state index in [2.05, 4.69) is 29.7 Å². The zero-order valence-corrected chi connectivity index (χ0v) is 21.9. The molecule has 2 aliphatic rings. The van der Waals surface area contributed by atoms with Gasteiger partial charge in [-0.2, -0.15) is 0 Å². The Hall–Kier alpha value is -3.02. The molecule has 192 valence electrons. The van der Waals surface area contributed by atoms with E-state index in [1.165, 1.54) is 12.8 Å². The Labute approximate surface area is 214 Å². The van der Waals surface area contributed by atoms with Gasteiger partial charge in [-0.05, 0) is 74.3 Å². The highest BCUT2D eigenvalue weighted by Crippen LogP contribution is 2.51. The fraction of sp³-hybridized carbons (Fsp3) is 0.533. The number of carbonyl (C=O) groups excluding carboxylic acids is 1. The summed E-state index contributed by atoms with van der Waals surface area (Å²) >= 11 is 0. The second-order valence-corrected chi connectivity index (χ2v) is 10.7. The van der Waals surface area contributed by atoms with Gasteiger partial charge >= 0.3 is 0 Å². The van der Waals surface area contributed by atoms with Crippen molar-refractivity contribution in [1.29, 1.82) is 0 Å². The summed E-state index contributed by atoms with van der Waals surface area (Å²) in [4.78, 5) is 19.2. The number of hydrogen-bond acceptors (Lipinski definition) is 4. The normalized spacial score (nSPS) is 17.9. The number of amides is 1. The number of aromatic nitrogens is 2. The summed E-state index contributed by atoms with van der Waals surface area (Å²) in [6.07, 6.45) is 11.1. The zero-order chi connectivity index (χ0) is 25.3. The van der Waals surface area contributed by atoms with E-state index in [-0.39, 0.29) is 17.7 Å². The number of primary amides is 1. The molecule has 6 heteroatoms. The van der Waals surface area contributed by atoms with E-state index < -0.39 is 5.54 Å². The fourth-order valence-electron chi connectivity index (χ4n) is 7.02. The average molecular weight is 490 g/mol. The first kappa shape index (κ1) is 24.7. The van der Waals surface area contributed by atoms with Gasteiger partial charge in [0.15, 0.2) is 0 Å². The molecule has 5 rings (SSSR count). The Balaban J connectivity index is 1.86. The lowest BCUT2D eigenvalue weighted by molar-refractivity contribution is -0.135. The van der Waals surface area contributed by atoms with Gasteiger partial charge < -0.3 is 19.8 Å². The number of carbonyl (C=O) groups is 1. The minimum Gasteiger partial charge on any atom is -0.497 e. The van der Waals surface area contributed by atoms with Gasteiger partial charge in [-0.15, -0.1) is 0 Å². The van der Waals surface area contributed by atoms with Crippen LogP contribution in [0.2, 0.25) is 0 Å². The standard InChI is InChI=1S/C30H39N3O3/c1-20-14-17-25-26(18-20)33(28(32-25)24-16-15-23(35-2)19-27(24)36-3)30(29(31)34,21-10-6-4-7-11-21)22-12-8-5-9-13-22/h14-19,21-22H,4-13H2,1-3H3,(H2,31,34). The van der Waals surface area contributed by atoms with Crippen molar-refractivity contribution < 1.29 is 14.3 Å². The van der Waals surface area contributed by atoms with E-state index in [1.54, 1.807) is 14.2 Å². The van der Waals surface area contributed by atoms with Crippen LogP contribution in [-0.4, -0.2) is 29.7 Å². The van der Waals surface area contributed by atoms with Crippen LogP contribution < -0.4 is 15.2 Å². The number of imidazole rings is 1. The summed E-state index contributed by atoms with van der Waals surface area (Å²) in [5.41, 5.74) is 9.61. The van der Waals surface area contributed by atoms with Crippen molar-refractivity contribution >= 4 is 16.9 Å². The van der Waals surface area contributed by atoms with Gasteiger partial charge in [0.2, 0.25) is 5.91 Å². The molecular weight excluding hydrogens is 450 g/mol. The maximum Gasteiger partial charge on any atom is 0.244 e. The smallest absolute Gasteiger partial charge is 0.244 e. The maximum absolute atomic E-state index is 14.0. The van der Waals surface area contributed by atoms with E-state index in [0.29, 0.717) is 5.75 Å². The minimum atomic E-state index is -0.830. The van der Waals surface area contributed by atoms with Crippen molar-refractivity contribution in [3.63, 3.8) is 0 Å². The topological polar surface area (TPSA) is 79.4 Å². The second kappa shape index (κ2) is 10.2. The molecule has 2 saturated carbocycles. The molecule has 0 spiro atoms. The van der Waals surface area contributed by atoms with Crippen LogP contribution in [0, 0.1) is 18.8 Å². The van der Waals surface area contributed by atoms with Crippen molar-refractivity contribution in [3.8, 4) is 22.9 Å². The van der Waals surface area contributed by atoms with Gasteiger partial charge in [-0.3, -0.25) is 4.79 Å². The van der Waals surface area contributed by atoms with E-state index in [1.807, 2.05) is 18.2 Å². The Bertz CT molecular complexity index is 1220. The van der Waals surface area contributed by atoms with Crippen LogP contribution in [-0.2, 0) is 10.3 Å². The van der Waals surface area contributed by atoms with E-state index in [0.717, 1.165) is 85.1 Å². The van der Waals surface area contributed by atoms with Crippen LogP contribution in [0.4, 0.5) is 0 Å². The van der Waals surface area contributed by atoms with Crippen molar-refractivity contribution in [2.45, 2.75) is 76.7 Å². The molecule has 36 heavy (non-hydrogen) atoms. The molecule has 1 heterocycles. The Morgan fingerprint density at radius 3 is 2.11 bits per heavy atom. The maximum atomic E-state index is 14.0. The lowest BCUT2D eigenvalue weighted by Crippen LogP contribution is -2.58. The number of nitrogens with zero attached hydrogens (tertiary/aromatic N) is 2. The van der Waals surface area contributed by atoms with Crippen LogP contribution in [0.25, 0.3) is 22.4 Å². The molecule has 0 aliphatic heterocycles. The third kappa shape index (κ3) is 4.04. The first-order chi connectivity index (χ1) is 17.5. The van der Waals surface area contributed by atoms with Crippen LogP contribution in [0.3, 0.4) is 0 Å².